The van der Waals surface area contributed by atoms with Crippen LogP contribution in [0.2, 0.25) is 0 Å². The largest absolute Gasteiger partial charge is 0.310 e. The number of nitriles is 1. The van der Waals surface area contributed by atoms with E-state index in [4.69, 9.17) is 17.5 Å². The number of hydrogen-bond donors (Lipinski definition) is 0. The molecular formula is C23H19N3O2S2. The summed E-state index contributed by atoms with van der Waals surface area (Å²) in [5.74, 6) is -0.571. The maximum absolute atomic E-state index is 12.9. The van der Waals surface area contributed by atoms with Gasteiger partial charge < -0.3 is 4.90 Å². The summed E-state index contributed by atoms with van der Waals surface area (Å²) in [5.41, 5.74) is 1.71. The molecule has 30 heavy (non-hydrogen) atoms. The van der Waals surface area contributed by atoms with Crippen LogP contribution in [0.25, 0.3) is 6.08 Å². The van der Waals surface area contributed by atoms with Crippen molar-refractivity contribution in [3.05, 3.63) is 83.3 Å². The van der Waals surface area contributed by atoms with E-state index < -0.39 is 0 Å². The SMILES string of the molecule is N#CCCN(C(=O)CN1C(=O)C(=CC=Cc2ccccc2)SC1=S)c1ccccc1. The first kappa shape index (κ1) is 21.5. The molecule has 1 saturated heterocycles. The Morgan fingerprint density at radius 3 is 2.47 bits per heavy atom. The monoisotopic (exact) mass is 433 g/mol. The lowest BCUT2D eigenvalue weighted by Crippen LogP contribution is -2.42. The molecule has 0 radical (unpaired) electrons. The molecular weight excluding hydrogens is 414 g/mol. The zero-order valence-corrected chi connectivity index (χ0v) is 17.7. The third kappa shape index (κ3) is 5.44. The summed E-state index contributed by atoms with van der Waals surface area (Å²) in [6, 6.07) is 20.9. The van der Waals surface area contributed by atoms with E-state index in [-0.39, 0.29) is 31.3 Å². The van der Waals surface area contributed by atoms with E-state index in [1.54, 1.807) is 24.3 Å². The lowest BCUT2D eigenvalue weighted by atomic mass is 10.2. The molecule has 0 unspecified atom stereocenters. The normalized spacial score (nSPS) is 15.0. The number of allylic oxidation sites excluding steroid dienone is 2. The molecule has 1 aliphatic rings. The Morgan fingerprint density at radius 1 is 1.13 bits per heavy atom. The molecule has 1 aliphatic heterocycles. The van der Waals surface area contributed by atoms with Gasteiger partial charge in [0, 0.05) is 12.2 Å². The molecule has 0 bridgehead atoms. The fourth-order valence-corrected chi connectivity index (χ4v) is 4.06. The minimum Gasteiger partial charge on any atom is -0.310 e. The minimum absolute atomic E-state index is 0.162. The second-order valence-corrected chi connectivity index (χ2v) is 8.02. The van der Waals surface area contributed by atoms with Crippen molar-refractivity contribution in [3.8, 4) is 6.07 Å². The van der Waals surface area contributed by atoms with Crippen LogP contribution in [0.15, 0.2) is 77.7 Å². The van der Waals surface area contributed by atoms with Crippen LogP contribution in [0.1, 0.15) is 12.0 Å². The van der Waals surface area contributed by atoms with Gasteiger partial charge in [0.05, 0.1) is 17.4 Å². The quantitative estimate of drug-likeness (QED) is 0.479. The molecule has 5 nitrogen and oxygen atoms in total. The maximum Gasteiger partial charge on any atom is 0.266 e. The number of rotatable bonds is 7. The average Bonchev–Trinajstić information content (AvgIpc) is 3.03. The van der Waals surface area contributed by atoms with E-state index in [2.05, 4.69) is 6.07 Å². The molecule has 2 aromatic rings. The van der Waals surface area contributed by atoms with E-state index in [0.29, 0.717) is 14.9 Å². The van der Waals surface area contributed by atoms with Crippen LogP contribution < -0.4 is 4.90 Å². The molecule has 1 heterocycles. The molecule has 0 spiro atoms. The van der Waals surface area contributed by atoms with Crippen LogP contribution in [0.5, 0.6) is 0 Å². The average molecular weight is 434 g/mol. The summed E-state index contributed by atoms with van der Waals surface area (Å²) in [6.45, 7) is 0.0918. The van der Waals surface area contributed by atoms with E-state index in [1.807, 2.05) is 54.6 Å². The van der Waals surface area contributed by atoms with Gasteiger partial charge in [-0.1, -0.05) is 84.7 Å². The van der Waals surface area contributed by atoms with Gasteiger partial charge >= 0.3 is 0 Å². The highest BCUT2D eigenvalue weighted by atomic mass is 32.2. The highest BCUT2D eigenvalue weighted by molar-refractivity contribution is 8.26. The molecule has 0 atom stereocenters. The highest BCUT2D eigenvalue weighted by Gasteiger charge is 2.34. The minimum atomic E-state index is -0.288. The smallest absolute Gasteiger partial charge is 0.266 e. The molecule has 0 saturated carbocycles. The van der Waals surface area contributed by atoms with Gasteiger partial charge in [0.2, 0.25) is 5.91 Å². The number of carbonyl (C=O) groups excluding carboxylic acids is 2. The number of nitrogens with zero attached hydrogens (tertiary/aromatic N) is 3. The first-order valence-corrected chi connectivity index (χ1v) is 10.5. The molecule has 7 heteroatoms. The maximum atomic E-state index is 12.9. The van der Waals surface area contributed by atoms with Crippen LogP contribution in [0.3, 0.4) is 0 Å². The van der Waals surface area contributed by atoms with Crippen LogP contribution in [0.4, 0.5) is 5.69 Å². The Labute approximate surface area is 185 Å². The fourth-order valence-electron chi connectivity index (χ4n) is 2.85. The fraction of sp³-hybridized carbons (Fsp3) is 0.130. The van der Waals surface area contributed by atoms with Gasteiger partial charge in [0.1, 0.15) is 10.9 Å². The van der Waals surface area contributed by atoms with Crippen molar-refractivity contribution in [2.45, 2.75) is 6.42 Å². The number of hydrogen-bond acceptors (Lipinski definition) is 5. The molecule has 2 amide bonds. The van der Waals surface area contributed by atoms with Gasteiger partial charge in [0.25, 0.3) is 5.91 Å². The summed E-state index contributed by atoms with van der Waals surface area (Å²) in [7, 11) is 0. The number of benzene rings is 2. The van der Waals surface area contributed by atoms with E-state index in [1.165, 1.54) is 21.6 Å². The van der Waals surface area contributed by atoms with Crippen molar-refractivity contribution in [1.29, 1.82) is 5.26 Å². The standard InChI is InChI=1S/C23H19N3O2S2/c24-15-8-16-25(19-12-5-2-6-13-19)21(27)17-26-22(28)20(30-23(26)29)14-7-11-18-9-3-1-4-10-18/h1-7,9-14H,8,16-17H2. The van der Waals surface area contributed by atoms with E-state index >= 15 is 0 Å². The van der Waals surface area contributed by atoms with Crippen molar-refractivity contribution < 1.29 is 9.59 Å². The number of para-hydroxylation sites is 1. The molecule has 1 fully saturated rings. The number of anilines is 1. The summed E-state index contributed by atoms with van der Waals surface area (Å²) < 4.78 is 0.348. The van der Waals surface area contributed by atoms with Crippen LogP contribution >= 0.6 is 24.0 Å². The number of thioether (sulfide) groups is 1. The van der Waals surface area contributed by atoms with Gasteiger partial charge in [-0.2, -0.15) is 5.26 Å². The van der Waals surface area contributed by atoms with Crippen LogP contribution in [-0.2, 0) is 9.59 Å². The van der Waals surface area contributed by atoms with Gasteiger partial charge in [-0.25, -0.2) is 0 Å². The van der Waals surface area contributed by atoms with Crippen molar-refractivity contribution in [2.75, 3.05) is 18.0 Å². The summed E-state index contributed by atoms with van der Waals surface area (Å²) in [4.78, 5) is 29.0. The van der Waals surface area contributed by atoms with Crippen molar-refractivity contribution >= 4 is 51.9 Å². The van der Waals surface area contributed by atoms with E-state index in [0.717, 1.165) is 5.56 Å². The Balaban J connectivity index is 1.70. The number of thiocarbonyl (C=S) groups is 1. The van der Waals surface area contributed by atoms with Gasteiger partial charge in [-0.3, -0.25) is 14.5 Å². The zero-order chi connectivity index (χ0) is 21.3. The summed E-state index contributed by atoms with van der Waals surface area (Å²) in [5, 5.41) is 8.92. The first-order valence-electron chi connectivity index (χ1n) is 9.29. The molecule has 150 valence electrons. The number of amides is 2. The predicted octanol–water partition coefficient (Wildman–Crippen LogP) is 4.39. The number of carbonyl (C=O) groups is 2. The van der Waals surface area contributed by atoms with Crippen LogP contribution in [0, 0.1) is 11.3 Å². The van der Waals surface area contributed by atoms with Crippen molar-refractivity contribution in [1.82, 2.24) is 4.90 Å². The van der Waals surface area contributed by atoms with E-state index in [9.17, 15) is 9.59 Å². The van der Waals surface area contributed by atoms with Gasteiger partial charge in [0.15, 0.2) is 0 Å². The first-order chi connectivity index (χ1) is 14.6. The molecule has 3 rings (SSSR count). The van der Waals surface area contributed by atoms with Crippen LogP contribution in [-0.4, -0.2) is 34.1 Å². The summed E-state index contributed by atoms with van der Waals surface area (Å²) in [6.07, 6.45) is 5.61. The Morgan fingerprint density at radius 2 is 1.80 bits per heavy atom. The van der Waals surface area contributed by atoms with Gasteiger partial charge in [-0.15, -0.1) is 0 Å². The molecule has 0 aromatic heterocycles. The highest BCUT2D eigenvalue weighted by Crippen LogP contribution is 2.31. The molecule has 2 aromatic carbocycles. The third-order valence-corrected chi connectivity index (χ3v) is 5.71. The summed E-state index contributed by atoms with van der Waals surface area (Å²) >= 11 is 6.51. The molecule has 0 aliphatic carbocycles. The topological polar surface area (TPSA) is 64.4 Å². The van der Waals surface area contributed by atoms with Crippen molar-refractivity contribution in [3.63, 3.8) is 0 Å². The second kappa shape index (κ2) is 10.5. The molecule has 0 N–H and O–H groups in total. The van der Waals surface area contributed by atoms with Gasteiger partial charge in [-0.05, 0) is 23.8 Å². The second-order valence-electron chi connectivity index (χ2n) is 6.35. The lowest BCUT2D eigenvalue weighted by molar-refractivity contribution is -0.127. The Kier molecular flexibility index (Phi) is 7.55. The zero-order valence-electron chi connectivity index (χ0n) is 16.1. The Hall–Kier alpha value is -3.21. The Bertz CT molecular complexity index is 1030. The lowest BCUT2D eigenvalue weighted by Gasteiger charge is -2.24. The van der Waals surface area contributed by atoms with Crippen molar-refractivity contribution in [2.24, 2.45) is 0 Å². The predicted molar refractivity (Wildman–Crippen MR) is 124 cm³/mol. The third-order valence-electron chi connectivity index (χ3n) is 4.32.